The van der Waals surface area contributed by atoms with Crippen LogP contribution in [-0.4, -0.2) is 21.4 Å². The first kappa shape index (κ1) is 16.5. The van der Waals surface area contributed by atoms with Gasteiger partial charge in [0.05, 0.1) is 21.5 Å². The van der Waals surface area contributed by atoms with Crippen molar-refractivity contribution >= 4 is 39.1 Å². The second kappa shape index (κ2) is 6.06. The summed E-state index contributed by atoms with van der Waals surface area (Å²) in [4.78, 5) is 42.5. The topological polar surface area (TPSA) is 107 Å². The average molecular weight is 368 g/mol. The molecular weight excluding hydrogens is 352 g/mol. The van der Waals surface area contributed by atoms with Gasteiger partial charge in [-0.05, 0) is 31.0 Å². The van der Waals surface area contributed by atoms with Gasteiger partial charge in [-0.25, -0.2) is 4.98 Å². The summed E-state index contributed by atoms with van der Waals surface area (Å²) in [5, 5.41) is 3.22. The Labute approximate surface area is 152 Å². The molecule has 4 rings (SSSR count). The molecule has 0 atom stereocenters. The van der Waals surface area contributed by atoms with E-state index in [2.05, 4.69) is 10.3 Å². The number of benzene rings is 1. The standard InChI is InChI=1S/C18H16N4O3S/c1-9-13-17(21-12-7-4-8-22(12)18(13)25)26-14(9)16(24)20-11-6-3-2-5-10(11)15(19)23/h2-3,5-6H,4,7-8H2,1H3,(H2,19,23)(H,20,24). The van der Waals surface area contributed by atoms with E-state index < -0.39 is 5.91 Å². The average Bonchev–Trinajstić information content (AvgIpc) is 3.20. The number of anilines is 1. The molecule has 1 aliphatic rings. The Kier molecular flexibility index (Phi) is 3.84. The summed E-state index contributed by atoms with van der Waals surface area (Å²) < 4.78 is 1.69. The van der Waals surface area contributed by atoms with Gasteiger partial charge in [0.15, 0.2) is 0 Å². The highest BCUT2D eigenvalue weighted by atomic mass is 32.1. The Morgan fingerprint density at radius 1 is 1.31 bits per heavy atom. The molecule has 2 amide bonds. The minimum Gasteiger partial charge on any atom is -0.366 e. The maximum absolute atomic E-state index is 12.8. The third-order valence-electron chi connectivity index (χ3n) is 4.56. The molecule has 132 valence electrons. The number of hydrogen-bond donors (Lipinski definition) is 2. The number of fused-ring (bicyclic) bond motifs is 2. The lowest BCUT2D eigenvalue weighted by Crippen LogP contribution is -2.21. The molecule has 26 heavy (non-hydrogen) atoms. The molecule has 3 heterocycles. The van der Waals surface area contributed by atoms with Gasteiger partial charge >= 0.3 is 0 Å². The molecule has 8 heteroatoms. The number of primary amides is 1. The second-order valence-corrected chi connectivity index (χ2v) is 7.19. The van der Waals surface area contributed by atoms with E-state index in [-0.39, 0.29) is 17.0 Å². The van der Waals surface area contributed by atoms with Gasteiger partial charge in [0.25, 0.3) is 17.4 Å². The fourth-order valence-electron chi connectivity index (χ4n) is 3.28. The maximum Gasteiger partial charge on any atom is 0.266 e. The van der Waals surface area contributed by atoms with Crippen LogP contribution in [0.1, 0.15) is 37.8 Å². The zero-order valence-electron chi connectivity index (χ0n) is 14.0. The summed E-state index contributed by atoms with van der Waals surface area (Å²) in [5.41, 5.74) is 6.45. The first-order chi connectivity index (χ1) is 12.5. The van der Waals surface area contributed by atoms with Crippen molar-refractivity contribution in [1.82, 2.24) is 9.55 Å². The van der Waals surface area contributed by atoms with Crippen molar-refractivity contribution in [2.24, 2.45) is 5.73 Å². The van der Waals surface area contributed by atoms with Gasteiger partial charge in [-0.1, -0.05) is 12.1 Å². The SMILES string of the molecule is Cc1c(C(=O)Nc2ccccc2C(N)=O)sc2nc3n(c(=O)c12)CCC3. The lowest BCUT2D eigenvalue weighted by molar-refractivity contribution is 0.100. The van der Waals surface area contributed by atoms with Gasteiger partial charge < -0.3 is 11.1 Å². The highest BCUT2D eigenvalue weighted by molar-refractivity contribution is 7.20. The molecule has 0 saturated heterocycles. The summed E-state index contributed by atoms with van der Waals surface area (Å²) in [6.45, 7) is 2.42. The monoisotopic (exact) mass is 368 g/mol. The van der Waals surface area contributed by atoms with Gasteiger partial charge in [-0.3, -0.25) is 19.0 Å². The maximum atomic E-state index is 12.8. The van der Waals surface area contributed by atoms with Gasteiger partial charge in [0.2, 0.25) is 0 Å². The largest absolute Gasteiger partial charge is 0.366 e. The molecule has 0 unspecified atom stereocenters. The number of para-hydroxylation sites is 1. The zero-order chi connectivity index (χ0) is 18.4. The normalized spacial score (nSPS) is 13.0. The molecular formula is C18H16N4O3S. The van der Waals surface area contributed by atoms with Crippen LogP contribution in [0.25, 0.3) is 10.2 Å². The van der Waals surface area contributed by atoms with Crippen molar-refractivity contribution < 1.29 is 9.59 Å². The molecule has 3 N–H and O–H groups in total. The van der Waals surface area contributed by atoms with Gasteiger partial charge in [0.1, 0.15) is 10.7 Å². The van der Waals surface area contributed by atoms with Gasteiger partial charge in [0, 0.05) is 13.0 Å². The van der Waals surface area contributed by atoms with Crippen LogP contribution in [0.3, 0.4) is 0 Å². The van der Waals surface area contributed by atoms with E-state index in [4.69, 9.17) is 5.73 Å². The van der Waals surface area contributed by atoms with Crippen LogP contribution >= 0.6 is 11.3 Å². The summed E-state index contributed by atoms with van der Waals surface area (Å²) >= 11 is 1.19. The van der Waals surface area contributed by atoms with Crippen molar-refractivity contribution in [3.8, 4) is 0 Å². The predicted molar refractivity (Wildman–Crippen MR) is 99.9 cm³/mol. The molecule has 2 aromatic heterocycles. The molecule has 7 nitrogen and oxygen atoms in total. The van der Waals surface area contributed by atoms with E-state index in [0.717, 1.165) is 18.7 Å². The second-order valence-electron chi connectivity index (χ2n) is 6.19. The van der Waals surface area contributed by atoms with Crippen LogP contribution in [0.4, 0.5) is 5.69 Å². The fourth-order valence-corrected chi connectivity index (χ4v) is 4.36. The first-order valence-electron chi connectivity index (χ1n) is 8.20. The number of thiophene rings is 1. The number of carbonyl (C=O) groups is 2. The smallest absolute Gasteiger partial charge is 0.266 e. The van der Waals surface area contributed by atoms with E-state index in [1.54, 1.807) is 35.8 Å². The van der Waals surface area contributed by atoms with Crippen molar-refractivity contribution in [2.45, 2.75) is 26.3 Å². The highest BCUT2D eigenvalue weighted by Gasteiger charge is 2.23. The Balaban J connectivity index is 1.77. The number of amides is 2. The summed E-state index contributed by atoms with van der Waals surface area (Å²) in [5.74, 6) is -0.233. The fraction of sp³-hybridized carbons (Fsp3) is 0.222. The van der Waals surface area contributed by atoms with Crippen LogP contribution in [0.15, 0.2) is 29.1 Å². The molecule has 0 fully saturated rings. The highest BCUT2D eigenvalue weighted by Crippen LogP contribution is 2.29. The number of aromatic nitrogens is 2. The summed E-state index contributed by atoms with van der Waals surface area (Å²) in [7, 11) is 0. The van der Waals surface area contributed by atoms with Crippen molar-refractivity contribution in [3.63, 3.8) is 0 Å². The van der Waals surface area contributed by atoms with E-state index in [1.165, 1.54) is 11.3 Å². The van der Waals surface area contributed by atoms with Crippen molar-refractivity contribution in [2.75, 3.05) is 5.32 Å². The Bertz CT molecular complexity index is 1130. The number of nitrogens with one attached hydrogen (secondary N) is 1. The number of nitrogens with two attached hydrogens (primary N) is 1. The molecule has 0 radical (unpaired) electrons. The van der Waals surface area contributed by atoms with Crippen LogP contribution in [0.2, 0.25) is 0 Å². The van der Waals surface area contributed by atoms with E-state index in [9.17, 15) is 14.4 Å². The number of aryl methyl sites for hydroxylation is 2. The summed E-state index contributed by atoms with van der Waals surface area (Å²) in [6, 6.07) is 6.54. The van der Waals surface area contributed by atoms with Gasteiger partial charge in [-0.15, -0.1) is 11.3 Å². The minimum absolute atomic E-state index is 0.0900. The minimum atomic E-state index is -0.620. The van der Waals surface area contributed by atoms with Gasteiger partial charge in [-0.2, -0.15) is 0 Å². The first-order valence-corrected chi connectivity index (χ1v) is 9.02. The number of rotatable bonds is 3. The lowest BCUT2D eigenvalue weighted by atomic mass is 10.1. The van der Waals surface area contributed by atoms with E-state index in [0.29, 0.717) is 32.9 Å². The molecule has 0 bridgehead atoms. The number of hydrogen-bond acceptors (Lipinski definition) is 5. The molecule has 1 aliphatic heterocycles. The Morgan fingerprint density at radius 3 is 2.85 bits per heavy atom. The summed E-state index contributed by atoms with van der Waals surface area (Å²) in [6.07, 6.45) is 1.69. The lowest BCUT2D eigenvalue weighted by Gasteiger charge is -2.08. The molecule has 1 aromatic carbocycles. The van der Waals surface area contributed by atoms with E-state index in [1.807, 2.05) is 0 Å². The van der Waals surface area contributed by atoms with Crippen LogP contribution < -0.4 is 16.6 Å². The Hall–Kier alpha value is -3.00. The van der Waals surface area contributed by atoms with E-state index >= 15 is 0 Å². The molecule has 0 aliphatic carbocycles. The molecule has 0 saturated carbocycles. The van der Waals surface area contributed by atoms with Crippen LogP contribution in [-0.2, 0) is 13.0 Å². The van der Waals surface area contributed by atoms with Crippen LogP contribution in [0.5, 0.6) is 0 Å². The predicted octanol–water partition coefficient (Wildman–Crippen LogP) is 2.06. The van der Waals surface area contributed by atoms with Crippen molar-refractivity contribution in [3.05, 3.63) is 56.4 Å². The quantitative estimate of drug-likeness (QED) is 0.738. The van der Waals surface area contributed by atoms with Crippen molar-refractivity contribution in [1.29, 1.82) is 0 Å². The third-order valence-corrected chi connectivity index (χ3v) is 5.74. The number of carbonyl (C=O) groups excluding carboxylic acids is 2. The number of nitrogens with zero attached hydrogens (tertiary/aromatic N) is 2. The van der Waals surface area contributed by atoms with Crippen LogP contribution in [0, 0.1) is 6.92 Å². The zero-order valence-corrected chi connectivity index (χ0v) is 14.9. The third kappa shape index (κ3) is 2.50. The Morgan fingerprint density at radius 2 is 2.08 bits per heavy atom. The molecule has 3 aromatic rings. The molecule has 0 spiro atoms.